The van der Waals surface area contributed by atoms with Crippen molar-refractivity contribution in [3.8, 4) is 0 Å². The summed E-state index contributed by atoms with van der Waals surface area (Å²) in [6, 6.07) is 12.0. The number of nitrogens with zero attached hydrogens (tertiary/aromatic N) is 1. The van der Waals surface area contributed by atoms with Crippen molar-refractivity contribution >= 4 is 5.69 Å². The molecule has 0 heterocycles. The molecule has 0 aliphatic carbocycles. The number of halogens is 1. The summed E-state index contributed by atoms with van der Waals surface area (Å²) in [7, 11) is 0. The lowest BCUT2D eigenvalue weighted by molar-refractivity contribution is -0.384. The molecule has 0 aliphatic heterocycles. The van der Waals surface area contributed by atoms with Gasteiger partial charge in [0, 0.05) is 24.7 Å². The Bertz CT molecular complexity index is 661. The van der Waals surface area contributed by atoms with Crippen LogP contribution in [0.5, 0.6) is 0 Å². The number of non-ortho nitro benzene ring substituents is 1. The second-order valence-electron chi connectivity index (χ2n) is 5.29. The number of aliphatic hydroxyl groups excluding tert-OH is 1. The molecule has 0 spiro atoms. The van der Waals surface area contributed by atoms with Crippen LogP contribution < -0.4 is 5.32 Å². The van der Waals surface area contributed by atoms with Crippen LogP contribution in [0, 0.1) is 15.9 Å². The van der Waals surface area contributed by atoms with E-state index < -0.39 is 11.0 Å². The highest BCUT2D eigenvalue weighted by Gasteiger charge is 2.15. The molecule has 2 aromatic rings. The highest BCUT2D eigenvalue weighted by molar-refractivity contribution is 5.35. The van der Waals surface area contributed by atoms with Crippen molar-refractivity contribution in [2.45, 2.75) is 25.5 Å². The molecule has 0 radical (unpaired) electrons. The van der Waals surface area contributed by atoms with Gasteiger partial charge in [0.15, 0.2) is 0 Å². The number of nitro groups is 1. The third-order valence-corrected chi connectivity index (χ3v) is 3.70. The van der Waals surface area contributed by atoms with E-state index in [1.54, 1.807) is 6.07 Å². The molecule has 2 N–H and O–H groups in total. The lowest BCUT2D eigenvalue weighted by Crippen LogP contribution is -2.26. The van der Waals surface area contributed by atoms with Gasteiger partial charge in [-0.2, -0.15) is 0 Å². The largest absolute Gasteiger partial charge is 0.387 e. The van der Waals surface area contributed by atoms with E-state index in [0.29, 0.717) is 5.56 Å². The van der Waals surface area contributed by atoms with Crippen molar-refractivity contribution in [1.29, 1.82) is 0 Å². The van der Waals surface area contributed by atoms with Crippen LogP contribution >= 0.6 is 0 Å². The third-order valence-electron chi connectivity index (χ3n) is 3.70. The fourth-order valence-electron chi connectivity index (χ4n) is 2.41. The minimum atomic E-state index is -0.775. The quantitative estimate of drug-likeness (QED) is 0.605. The zero-order valence-corrected chi connectivity index (χ0v) is 12.8. The summed E-state index contributed by atoms with van der Waals surface area (Å²) in [5.74, 6) is -0.350. The summed E-state index contributed by atoms with van der Waals surface area (Å²) in [5, 5.41) is 24.2. The van der Waals surface area contributed by atoms with Crippen molar-refractivity contribution in [2.24, 2.45) is 0 Å². The number of hydrogen-bond acceptors (Lipinski definition) is 4. The Hall–Kier alpha value is -2.31. The highest BCUT2D eigenvalue weighted by Crippen LogP contribution is 2.22. The van der Waals surface area contributed by atoms with Gasteiger partial charge in [-0.3, -0.25) is 10.1 Å². The van der Waals surface area contributed by atoms with Crippen molar-refractivity contribution in [3.05, 3.63) is 75.6 Å². The molecule has 23 heavy (non-hydrogen) atoms. The van der Waals surface area contributed by atoms with E-state index in [1.807, 2.05) is 13.0 Å². The van der Waals surface area contributed by atoms with Gasteiger partial charge in [0.2, 0.25) is 0 Å². The minimum Gasteiger partial charge on any atom is -0.387 e. The fraction of sp³-hybridized carbons (Fsp3) is 0.294. The SMILES string of the molecule is CCC(NCC(O)c1ccc(F)cc1)c1cccc([N+](=O)[O-])c1. The molecular weight excluding hydrogens is 299 g/mol. The van der Waals surface area contributed by atoms with Gasteiger partial charge in [0.1, 0.15) is 5.82 Å². The van der Waals surface area contributed by atoms with Crippen LogP contribution in [-0.2, 0) is 0 Å². The number of nitro benzene ring substituents is 1. The van der Waals surface area contributed by atoms with Gasteiger partial charge in [-0.15, -0.1) is 0 Å². The zero-order chi connectivity index (χ0) is 16.8. The Labute approximate surface area is 133 Å². The van der Waals surface area contributed by atoms with Crippen LogP contribution in [0.1, 0.15) is 36.6 Å². The van der Waals surface area contributed by atoms with E-state index in [1.165, 1.54) is 36.4 Å². The van der Waals surface area contributed by atoms with E-state index in [4.69, 9.17) is 0 Å². The van der Waals surface area contributed by atoms with E-state index in [0.717, 1.165) is 12.0 Å². The smallest absolute Gasteiger partial charge is 0.269 e. The number of nitrogens with one attached hydrogen (secondary N) is 1. The molecule has 2 aromatic carbocycles. The number of rotatable bonds is 7. The average molecular weight is 318 g/mol. The lowest BCUT2D eigenvalue weighted by atomic mass is 10.0. The molecule has 5 nitrogen and oxygen atoms in total. The van der Waals surface area contributed by atoms with E-state index >= 15 is 0 Å². The molecule has 0 amide bonds. The van der Waals surface area contributed by atoms with E-state index in [-0.39, 0.29) is 24.1 Å². The first-order valence-corrected chi connectivity index (χ1v) is 7.42. The average Bonchev–Trinajstić information content (AvgIpc) is 2.56. The number of hydrogen-bond donors (Lipinski definition) is 2. The monoisotopic (exact) mass is 318 g/mol. The second kappa shape index (κ2) is 7.80. The first-order chi connectivity index (χ1) is 11.0. The van der Waals surface area contributed by atoms with Gasteiger partial charge in [0.25, 0.3) is 5.69 Å². The summed E-state index contributed by atoms with van der Waals surface area (Å²) in [5.41, 5.74) is 1.46. The van der Waals surface area contributed by atoms with Crippen LogP contribution in [-0.4, -0.2) is 16.6 Å². The first-order valence-electron chi connectivity index (χ1n) is 7.42. The summed E-state index contributed by atoms with van der Waals surface area (Å²) in [6.07, 6.45) is -0.0551. The second-order valence-corrected chi connectivity index (χ2v) is 5.29. The Morgan fingerprint density at radius 1 is 1.22 bits per heavy atom. The van der Waals surface area contributed by atoms with Gasteiger partial charge in [0.05, 0.1) is 11.0 Å². The van der Waals surface area contributed by atoms with E-state index in [2.05, 4.69) is 5.32 Å². The summed E-state index contributed by atoms with van der Waals surface area (Å²) in [6.45, 7) is 2.23. The molecule has 2 rings (SSSR count). The summed E-state index contributed by atoms with van der Waals surface area (Å²) >= 11 is 0. The molecule has 0 fully saturated rings. The standard InChI is InChI=1S/C17H19FN2O3/c1-2-16(13-4-3-5-15(10-13)20(22)23)19-11-17(21)12-6-8-14(18)9-7-12/h3-10,16-17,19,21H,2,11H2,1H3. The Morgan fingerprint density at radius 2 is 1.91 bits per heavy atom. The maximum absolute atomic E-state index is 12.9. The first kappa shape index (κ1) is 17.1. The van der Waals surface area contributed by atoms with Crippen LogP contribution in [0.2, 0.25) is 0 Å². The topological polar surface area (TPSA) is 75.4 Å². The molecule has 6 heteroatoms. The predicted octanol–water partition coefficient (Wildman–Crippen LogP) is 3.51. The predicted molar refractivity (Wildman–Crippen MR) is 85.5 cm³/mol. The maximum Gasteiger partial charge on any atom is 0.269 e. The molecule has 0 aromatic heterocycles. The molecule has 0 saturated carbocycles. The highest BCUT2D eigenvalue weighted by atomic mass is 19.1. The van der Waals surface area contributed by atoms with Crippen molar-refractivity contribution in [2.75, 3.05) is 6.54 Å². The summed E-state index contributed by atoms with van der Waals surface area (Å²) in [4.78, 5) is 10.4. The van der Waals surface area contributed by atoms with Gasteiger partial charge in [-0.1, -0.05) is 31.2 Å². The zero-order valence-electron chi connectivity index (χ0n) is 12.8. The lowest BCUT2D eigenvalue weighted by Gasteiger charge is -2.20. The van der Waals surface area contributed by atoms with Crippen LogP contribution in [0.25, 0.3) is 0 Å². The van der Waals surface area contributed by atoms with Gasteiger partial charge < -0.3 is 10.4 Å². The Morgan fingerprint density at radius 3 is 2.52 bits per heavy atom. The van der Waals surface area contributed by atoms with Gasteiger partial charge >= 0.3 is 0 Å². The molecule has 0 bridgehead atoms. The Balaban J connectivity index is 2.03. The number of benzene rings is 2. The molecule has 2 atom stereocenters. The van der Waals surface area contributed by atoms with Gasteiger partial charge in [-0.05, 0) is 29.7 Å². The van der Waals surface area contributed by atoms with Crippen molar-refractivity contribution in [3.63, 3.8) is 0 Å². The number of aliphatic hydroxyl groups is 1. The Kier molecular flexibility index (Phi) is 5.78. The molecular formula is C17H19FN2O3. The normalized spacial score (nSPS) is 13.5. The van der Waals surface area contributed by atoms with Crippen LogP contribution in [0.4, 0.5) is 10.1 Å². The maximum atomic E-state index is 12.9. The van der Waals surface area contributed by atoms with Crippen LogP contribution in [0.3, 0.4) is 0 Å². The molecule has 0 aliphatic rings. The van der Waals surface area contributed by atoms with Crippen molar-refractivity contribution in [1.82, 2.24) is 5.32 Å². The van der Waals surface area contributed by atoms with Crippen molar-refractivity contribution < 1.29 is 14.4 Å². The van der Waals surface area contributed by atoms with Crippen LogP contribution in [0.15, 0.2) is 48.5 Å². The minimum absolute atomic E-state index is 0.0434. The molecule has 2 unspecified atom stereocenters. The summed E-state index contributed by atoms with van der Waals surface area (Å²) < 4.78 is 12.9. The fourth-order valence-corrected chi connectivity index (χ4v) is 2.41. The van der Waals surface area contributed by atoms with Gasteiger partial charge in [-0.25, -0.2) is 4.39 Å². The van der Waals surface area contributed by atoms with E-state index in [9.17, 15) is 19.6 Å². The molecule has 122 valence electrons. The molecule has 0 saturated heterocycles. The third kappa shape index (κ3) is 4.58.